The Bertz CT molecular complexity index is 1030. The SMILES string of the molecule is O=C1OC(c2ccccc2)CN1Cc1ccc(CN2CCN(Cc3cccnc3)CC2)cc1. The highest BCUT2D eigenvalue weighted by atomic mass is 16.6. The van der Waals surface area contributed by atoms with Crippen LogP contribution in [0.5, 0.6) is 0 Å². The number of pyridine rings is 1. The van der Waals surface area contributed by atoms with Gasteiger partial charge in [-0.25, -0.2) is 4.79 Å². The summed E-state index contributed by atoms with van der Waals surface area (Å²) < 4.78 is 5.58. The molecule has 6 heteroatoms. The molecule has 2 aliphatic rings. The molecule has 2 saturated heterocycles. The molecule has 2 fully saturated rings. The molecule has 1 atom stereocenters. The maximum atomic E-state index is 12.3. The van der Waals surface area contributed by atoms with Crippen molar-refractivity contribution in [3.63, 3.8) is 0 Å². The number of nitrogens with zero attached hydrogens (tertiary/aromatic N) is 4. The highest BCUT2D eigenvalue weighted by molar-refractivity contribution is 5.70. The van der Waals surface area contributed by atoms with E-state index in [9.17, 15) is 4.79 Å². The summed E-state index contributed by atoms with van der Waals surface area (Å²) in [5, 5.41) is 0. The molecule has 2 aromatic carbocycles. The zero-order valence-electron chi connectivity index (χ0n) is 18.8. The number of ether oxygens (including phenoxy) is 1. The topological polar surface area (TPSA) is 48.9 Å². The van der Waals surface area contributed by atoms with Gasteiger partial charge in [0.25, 0.3) is 0 Å². The van der Waals surface area contributed by atoms with Crippen LogP contribution in [-0.2, 0) is 24.4 Å². The number of rotatable bonds is 7. The second-order valence-electron chi connectivity index (χ2n) is 8.89. The summed E-state index contributed by atoms with van der Waals surface area (Å²) in [4.78, 5) is 23.3. The van der Waals surface area contributed by atoms with Crippen LogP contribution in [0.25, 0.3) is 0 Å². The zero-order chi connectivity index (χ0) is 22.5. The van der Waals surface area contributed by atoms with E-state index in [4.69, 9.17) is 4.74 Å². The molecule has 0 aliphatic carbocycles. The molecular weight excluding hydrogens is 412 g/mol. The van der Waals surface area contributed by atoms with Gasteiger partial charge in [-0.1, -0.05) is 60.7 Å². The molecule has 33 heavy (non-hydrogen) atoms. The summed E-state index contributed by atoms with van der Waals surface area (Å²) in [5.74, 6) is 0. The van der Waals surface area contributed by atoms with Crippen molar-refractivity contribution in [2.24, 2.45) is 0 Å². The highest BCUT2D eigenvalue weighted by Gasteiger charge is 2.32. The van der Waals surface area contributed by atoms with Crippen LogP contribution in [0.15, 0.2) is 79.1 Å². The van der Waals surface area contributed by atoms with Crippen molar-refractivity contribution in [1.82, 2.24) is 19.7 Å². The van der Waals surface area contributed by atoms with E-state index in [1.54, 1.807) is 4.90 Å². The lowest BCUT2D eigenvalue weighted by atomic mass is 10.1. The molecule has 1 amide bonds. The summed E-state index contributed by atoms with van der Waals surface area (Å²) in [5.41, 5.74) is 4.76. The van der Waals surface area contributed by atoms with Gasteiger partial charge in [0.15, 0.2) is 0 Å². The molecule has 170 valence electrons. The Kier molecular flexibility index (Phi) is 6.65. The first-order chi connectivity index (χ1) is 16.2. The molecule has 0 radical (unpaired) electrons. The molecule has 1 aromatic heterocycles. The fourth-order valence-corrected chi connectivity index (χ4v) is 4.56. The first-order valence-electron chi connectivity index (χ1n) is 11.6. The van der Waals surface area contributed by atoms with E-state index < -0.39 is 0 Å². The van der Waals surface area contributed by atoms with Gasteiger partial charge in [0, 0.05) is 58.2 Å². The molecule has 0 bridgehead atoms. The zero-order valence-corrected chi connectivity index (χ0v) is 18.8. The summed E-state index contributed by atoms with van der Waals surface area (Å²) in [6, 6.07) is 22.7. The van der Waals surface area contributed by atoms with Gasteiger partial charge < -0.3 is 4.74 Å². The molecule has 2 aliphatic heterocycles. The minimum Gasteiger partial charge on any atom is -0.439 e. The molecule has 6 nitrogen and oxygen atoms in total. The first-order valence-corrected chi connectivity index (χ1v) is 11.6. The average molecular weight is 443 g/mol. The normalized spacial score (nSPS) is 19.6. The summed E-state index contributed by atoms with van der Waals surface area (Å²) in [6.07, 6.45) is 3.36. The molecule has 3 heterocycles. The van der Waals surface area contributed by atoms with Crippen LogP contribution >= 0.6 is 0 Å². The Morgan fingerprint density at radius 2 is 1.39 bits per heavy atom. The second-order valence-corrected chi connectivity index (χ2v) is 8.89. The summed E-state index contributed by atoms with van der Waals surface area (Å²) in [7, 11) is 0. The predicted octanol–water partition coefficient (Wildman–Crippen LogP) is 4.09. The number of benzene rings is 2. The third-order valence-electron chi connectivity index (χ3n) is 6.46. The van der Waals surface area contributed by atoms with E-state index in [2.05, 4.69) is 45.1 Å². The minimum atomic E-state index is -0.239. The Morgan fingerprint density at radius 3 is 2.03 bits per heavy atom. The van der Waals surface area contributed by atoms with Gasteiger partial charge in [0.05, 0.1) is 6.54 Å². The molecule has 3 aromatic rings. The standard InChI is InChI=1S/C27H30N4O2/c32-27-31(21-26(33-27)25-6-2-1-3-7-25)20-23-10-8-22(9-11-23)18-29-13-15-30(16-14-29)19-24-5-4-12-28-17-24/h1-12,17,26H,13-16,18-21H2. The third-order valence-corrected chi connectivity index (χ3v) is 6.46. The molecule has 0 spiro atoms. The van der Waals surface area contributed by atoms with Crippen molar-refractivity contribution in [3.05, 3.63) is 101 Å². The monoisotopic (exact) mass is 442 g/mol. The minimum absolute atomic E-state index is 0.185. The lowest BCUT2D eigenvalue weighted by Crippen LogP contribution is -2.45. The summed E-state index contributed by atoms with van der Waals surface area (Å²) in [6.45, 7) is 7.40. The van der Waals surface area contributed by atoms with E-state index in [1.165, 1.54) is 11.1 Å². The van der Waals surface area contributed by atoms with Crippen molar-refractivity contribution in [2.75, 3.05) is 32.7 Å². The third kappa shape index (κ3) is 5.59. The molecule has 1 unspecified atom stereocenters. The summed E-state index contributed by atoms with van der Waals surface area (Å²) >= 11 is 0. The van der Waals surface area contributed by atoms with Gasteiger partial charge in [0.1, 0.15) is 6.10 Å². The van der Waals surface area contributed by atoms with Crippen LogP contribution < -0.4 is 0 Å². The second kappa shape index (κ2) is 10.1. The average Bonchev–Trinajstić information content (AvgIpc) is 3.23. The van der Waals surface area contributed by atoms with Gasteiger partial charge in [-0.15, -0.1) is 0 Å². The number of carbonyl (C=O) groups is 1. The van der Waals surface area contributed by atoms with Crippen molar-refractivity contribution >= 4 is 6.09 Å². The maximum absolute atomic E-state index is 12.3. The number of cyclic esters (lactones) is 1. The van der Waals surface area contributed by atoms with E-state index in [-0.39, 0.29) is 12.2 Å². The lowest BCUT2D eigenvalue weighted by molar-refractivity contribution is 0.122. The van der Waals surface area contributed by atoms with E-state index in [0.717, 1.165) is 50.4 Å². The number of amides is 1. The number of hydrogen-bond donors (Lipinski definition) is 0. The quantitative estimate of drug-likeness (QED) is 0.552. The smallest absolute Gasteiger partial charge is 0.410 e. The van der Waals surface area contributed by atoms with Gasteiger partial charge in [0.2, 0.25) is 0 Å². The fraction of sp³-hybridized carbons (Fsp3) is 0.333. The van der Waals surface area contributed by atoms with Gasteiger partial charge >= 0.3 is 6.09 Å². The highest BCUT2D eigenvalue weighted by Crippen LogP contribution is 2.27. The maximum Gasteiger partial charge on any atom is 0.410 e. The molecular formula is C27H30N4O2. The molecule has 0 N–H and O–H groups in total. The largest absolute Gasteiger partial charge is 0.439 e. The number of hydrogen-bond acceptors (Lipinski definition) is 5. The van der Waals surface area contributed by atoms with Gasteiger partial charge in [-0.2, -0.15) is 0 Å². The Labute approximate surface area is 195 Å². The van der Waals surface area contributed by atoms with E-state index >= 15 is 0 Å². The molecule has 5 rings (SSSR count). The van der Waals surface area contributed by atoms with Crippen LogP contribution in [0.2, 0.25) is 0 Å². The van der Waals surface area contributed by atoms with Gasteiger partial charge in [-0.05, 0) is 28.3 Å². The first kappa shape index (κ1) is 21.6. The Balaban J connectivity index is 1.09. The van der Waals surface area contributed by atoms with Crippen molar-refractivity contribution in [1.29, 1.82) is 0 Å². The lowest BCUT2D eigenvalue weighted by Gasteiger charge is -2.34. The van der Waals surface area contributed by atoms with Crippen molar-refractivity contribution < 1.29 is 9.53 Å². The van der Waals surface area contributed by atoms with E-state index in [1.807, 2.05) is 48.8 Å². The predicted molar refractivity (Wildman–Crippen MR) is 127 cm³/mol. The molecule has 0 saturated carbocycles. The van der Waals surface area contributed by atoms with Crippen molar-refractivity contribution in [2.45, 2.75) is 25.7 Å². The van der Waals surface area contributed by atoms with Crippen LogP contribution in [0.1, 0.15) is 28.4 Å². The van der Waals surface area contributed by atoms with Crippen molar-refractivity contribution in [3.8, 4) is 0 Å². The van der Waals surface area contributed by atoms with Crippen LogP contribution in [0, 0.1) is 0 Å². The fourth-order valence-electron chi connectivity index (χ4n) is 4.56. The number of carbonyl (C=O) groups excluding carboxylic acids is 1. The Morgan fingerprint density at radius 1 is 0.758 bits per heavy atom. The number of aromatic nitrogens is 1. The van der Waals surface area contributed by atoms with Crippen LogP contribution in [-0.4, -0.2) is 58.5 Å². The van der Waals surface area contributed by atoms with E-state index in [0.29, 0.717) is 13.1 Å². The van der Waals surface area contributed by atoms with Crippen LogP contribution in [0.3, 0.4) is 0 Å². The Hall–Kier alpha value is -3.22. The number of piperazine rings is 1. The van der Waals surface area contributed by atoms with Crippen LogP contribution in [0.4, 0.5) is 4.79 Å². The van der Waals surface area contributed by atoms with Gasteiger partial charge in [-0.3, -0.25) is 19.7 Å².